The fourth-order valence-corrected chi connectivity index (χ4v) is 2.20. The van der Waals surface area contributed by atoms with Crippen LogP contribution in [-0.2, 0) is 6.54 Å². The molecule has 0 fully saturated rings. The topological polar surface area (TPSA) is 94.1 Å². The molecule has 0 aliphatic rings. The number of benzene rings is 1. The smallest absolute Gasteiger partial charge is 0.170 e. The molecule has 0 saturated heterocycles. The SMILES string of the molecule is CN(C)CC(C)(O)CNCc1ccc(F)cc1/C(N)=N/O. The second-order valence-electron chi connectivity index (χ2n) is 5.62. The molecule has 0 bridgehead atoms. The first-order valence-corrected chi connectivity index (χ1v) is 6.59. The summed E-state index contributed by atoms with van der Waals surface area (Å²) in [7, 11) is 3.76. The highest BCUT2D eigenvalue weighted by Crippen LogP contribution is 2.12. The molecule has 0 aliphatic heterocycles. The fraction of sp³-hybridized carbons (Fsp3) is 0.500. The van der Waals surface area contributed by atoms with E-state index >= 15 is 0 Å². The number of hydrogen-bond donors (Lipinski definition) is 4. The zero-order valence-corrected chi connectivity index (χ0v) is 12.6. The summed E-state index contributed by atoms with van der Waals surface area (Å²) in [5, 5.41) is 24.9. The van der Waals surface area contributed by atoms with E-state index in [1.165, 1.54) is 12.1 Å². The predicted octanol–water partition coefficient (Wildman–Crippen LogP) is 0.322. The monoisotopic (exact) mass is 298 g/mol. The maximum Gasteiger partial charge on any atom is 0.170 e. The van der Waals surface area contributed by atoms with Crippen molar-refractivity contribution in [3.8, 4) is 0 Å². The van der Waals surface area contributed by atoms with Gasteiger partial charge in [-0.1, -0.05) is 11.2 Å². The molecule has 21 heavy (non-hydrogen) atoms. The highest BCUT2D eigenvalue weighted by atomic mass is 19.1. The largest absolute Gasteiger partial charge is 0.409 e. The minimum absolute atomic E-state index is 0.147. The number of halogens is 1. The van der Waals surface area contributed by atoms with Crippen LogP contribution in [0.25, 0.3) is 0 Å². The van der Waals surface area contributed by atoms with Crippen LogP contribution < -0.4 is 11.1 Å². The Bertz CT molecular complexity index is 504. The van der Waals surface area contributed by atoms with Gasteiger partial charge in [-0.05, 0) is 38.7 Å². The Hall–Kier alpha value is -1.70. The molecule has 0 aromatic heterocycles. The summed E-state index contributed by atoms with van der Waals surface area (Å²) in [4.78, 5) is 1.89. The summed E-state index contributed by atoms with van der Waals surface area (Å²) >= 11 is 0. The number of likely N-dealkylation sites (N-methyl/N-ethyl adjacent to an activating group) is 1. The van der Waals surface area contributed by atoms with Gasteiger partial charge in [-0.25, -0.2) is 4.39 Å². The van der Waals surface area contributed by atoms with Gasteiger partial charge in [0.1, 0.15) is 5.82 Å². The van der Waals surface area contributed by atoms with Gasteiger partial charge in [0, 0.05) is 25.2 Å². The lowest BCUT2D eigenvalue weighted by Crippen LogP contribution is -2.45. The summed E-state index contributed by atoms with van der Waals surface area (Å²) in [6, 6.07) is 4.09. The molecule has 0 radical (unpaired) electrons. The van der Waals surface area contributed by atoms with E-state index in [9.17, 15) is 9.50 Å². The van der Waals surface area contributed by atoms with Gasteiger partial charge in [0.25, 0.3) is 0 Å². The van der Waals surface area contributed by atoms with Crippen molar-refractivity contribution in [1.82, 2.24) is 10.2 Å². The van der Waals surface area contributed by atoms with Gasteiger partial charge in [-0.2, -0.15) is 0 Å². The molecule has 0 spiro atoms. The van der Waals surface area contributed by atoms with Crippen molar-refractivity contribution < 1.29 is 14.7 Å². The Morgan fingerprint density at radius 2 is 2.14 bits per heavy atom. The van der Waals surface area contributed by atoms with Crippen molar-refractivity contribution in [2.75, 3.05) is 27.2 Å². The van der Waals surface area contributed by atoms with Crippen LogP contribution >= 0.6 is 0 Å². The molecule has 1 atom stereocenters. The maximum atomic E-state index is 13.2. The van der Waals surface area contributed by atoms with Gasteiger partial charge in [0.2, 0.25) is 0 Å². The van der Waals surface area contributed by atoms with Crippen LogP contribution in [0.1, 0.15) is 18.1 Å². The number of nitrogens with one attached hydrogen (secondary N) is 1. The van der Waals surface area contributed by atoms with Crippen molar-refractivity contribution in [3.63, 3.8) is 0 Å². The second kappa shape index (κ2) is 7.35. The van der Waals surface area contributed by atoms with E-state index < -0.39 is 11.4 Å². The number of nitrogens with two attached hydrogens (primary N) is 1. The lowest BCUT2D eigenvalue weighted by Gasteiger charge is -2.27. The highest BCUT2D eigenvalue weighted by Gasteiger charge is 2.20. The summed E-state index contributed by atoms with van der Waals surface area (Å²) in [6.07, 6.45) is 0. The summed E-state index contributed by atoms with van der Waals surface area (Å²) in [5.41, 5.74) is 5.67. The van der Waals surface area contributed by atoms with Crippen molar-refractivity contribution >= 4 is 5.84 Å². The van der Waals surface area contributed by atoms with E-state index in [0.717, 1.165) is 0 Å². The van der Waals surface area contributed by atoms with E-state index in [1.54, 1.807) is 13.0 Å². The molecule has 7 heteroatoms. The number of nitrogens with zero attached hydrogens (tertiary/aromatic N) is 2. The first-order chi connectivity index (χ1) is 9.75. The number of amidine groups is 1. The normalized spacial score (nSPS) is 15.2. The molecule has 0 amide bonds. The van der Waals surface area contributed by atoms with Crippen molar-refractivity contribution in [3.05, 3.63) is 35.1 Å². The molecular formula is C14H23FN4O2. The molecule has 118 valence electrons. The third-order valence-corrected chi connectivity index (χ3v) is 2.93. The Morgan fingerprint density at radius 1 is 1.48 bits per heavy atom. The molecule has 0 saturated carbocycles. The molecule has 5 N–H and O–H groups in total. The number of rotatable bonds is 7. The Morgan fingerprint density at radius 3 is 2.71 bits per heavy atom. The Labute approximate surface area is 124 Å². The summed E-state index contributed by atoms with van der Waals surface area (Å²) in [5.74, 6) is -0.605. The van der Waals surface area contributed by atoms with Crippen LogP contribution in [0.5, 0.6) is 0 Å². The predicted molar refractivity (Wildman–Crippen MR) is 79.8 cm³/mol. The van der Waals surface area contributed by atoms with E-state index in [0.29, 0.717) is 30.8 Å². The zero-order valence-electron chi connectivity index (χ0n) is 12.6. The molecule has 0 heterocycles. The maximum absolute atomic E-state index is 13.2. The van der Waals surface area contributed by atoms with Gasteiger partial charge in [0.05, 0.1) is 5.60 Å². The van der Waals surface area contributed by atoms with Crippen molar-refractivity contribution in [2.24, 2.45) is 10.9 Å². The number of hydrogen-bond acceptors (Lipinski definition) is 5. The average molecular weight is 298 g/mol. The van der Waals surface area contributed by atoms with Crippen LogP contribution in [0.4, 0.5) is 4.39 Å². The van der Waals surface area contributed by atoms with E-state index in [-0.39, 0.29) is 5.84 Å². The zero-order chi connectivity index (χ0) is 16.0. The van der Waals surface area contributed by atoms with E-state index in [2.05, 4.69) is 10.5 Å². The molecule has 1 aromatic carbocycles. The van der Waals surface area contributed by atoms with Gasteiger partial charge < -0.3 is 26.3 Å². The van der Waals surface area contributed by atoms with Crippen molar-refractivity contribution in [2.45, 2.75) is 19.1 Å². The number of oxime groups is 1. The molecule has 6 nitrogen and oxygen atoms in total. The van der Waals surface area contributed by atoms with Crippen LogP contribution in [0.15, 0.2) is 23.4 Å². The second-order valence-corrected chi connectivity index (χ2v) is 5.62. The Balaban J connectivity index is 2.72. The minimum Gasteiger partial charge on any atom is -0.409 e. The Kier molecular flexibility index (Phi) is 6.07. The molecule has 1 rings (SSSR count). The van der Waals surface area contributed by atoms with Gasteiger partial charge in [-0.15, -0.1) is 0 Å². The highest BCUT2D eigenvalue weighted by molar-refractivity contribution is 5.98. The van der Waals surface area contributed by atoms with Gasteiger partial charge >= 0.3 is 0 Å². The van der Waals surface area contributed by atoms with Gasteiger partial charge in [0.15, 0.2) is 5.84 Å². The number of aliphatic hydroxyl groups is 1. The van der Waals surface area contributed by atoms with Crippen LogP contribution in [0.3, 0.4) is 0 Å². The molecular weight excluding hydrogens is 275 g/mol. The third kappa shape index (κ3) is 5.66. The van der Waals surface area contributed by atoms with E-state index in [4.69, 9.17) is 10.9 Å². The molecule has 1 unspecified atom stereocenters. The fourth-order valence-electron chi connectivity index (χ4n) is 2.20. The lowest BCUT2D eigenvalue weighted by molar-refractivity contribution is 0.0336. The summed E-state index contributed by atoms with van der Waals surface area (Å²) in [6.45, 7) is 2.97. The molecule has 0 aliphatic carbocycles. The van der Waals surface area contributed by atoms with E-state index in [1.807, 2.05) is 19.0 Å². The first kappa shape index (κ1) is 17.4. The minimum atomic E-state index is -0.889. The van der Waals surface area contributed by atoms with Gasteiger partial charge in [-0.3, -0.25) is 0 Å². The average Bonchev–Trinajstić information content (AvgIpc) is 2.37. The van der Waals surface area contributed by atoms with Crippen LogP contribution in [0, 0.1) is 5.82 Å². The quantitative estimate of drug-likeness (QED) is 0.252. The molecule has 1 aromatic rings. The third-order valence-electron chi connectivity index (χ3n) is 2.93. The first-order valence-electron chi connectivity index (χ1n) is 6.59. The van der Waals surface area contributed by atoms with Crippen LogP contribution in [0.2, 0.25) is 0 Å². The van der Waals surface area contributed by atoms with Crippen molar-refractivity contribution in [1.29, 1.82) is 0 Å². The standard InChI is InChI=1S/C14H23FN4O2/c1-14(20,9-19(2)3)8-17-7-10-4-5-11(15)6-12(10)13(16)18-21/h4-6,17,20-21H,7-9H2,1-3H3,(H2,16,18). The lowest BCUT2D eigenvalue weighted by atomic mass is 10.0. The summed E-state index contributed by atoms with van der Waals surface area (Å²) < 4.78 is 13.2. The van der Waals surface area contributed by atoms with Crippen LogP contribution in [-0.4, -0.2) is 53.8 Å².